The van der Waals surface area contributed by atoms with Gasteiger partial charge in [-0.05, 0) is 35.4 Å². The molecule has 1 amide bonds. The number of hydrogen-bond acceptors (Lipinski definition) is 5. The summed E-state index contributed by atoms with van der Waals surface area (Å²) in [4.78, 5) is 15.7. The molecule has 1 unspecified atom stereocenters. The molecule has 0 aliphatic carbocycles. The Morgan fingerprint density at radius 1 is 1.15 bits per heavy atom. The molecular formula is C19H16FN3O2S. The summed E-state index contributed by atoms with van der Waals surface area (Å²) in [5.74, 6) is 1.66. The summed E-state index contributed by atoms with van der Waals surface area (Å²) in [6.45, 7) is 0. The molecule has 7 heteroatoms. The third-order valence-corrected chi connectivity index (χ3v) is 5.14. The number of carbonyl (C=O) groups is 1. The Kier molecular flexibility index (Phi) is 4.46. The Hall–Kier alpha value is -2.67. The van der Waals surface area contributed by atoms with Gasteiger partial charge in [0.15, 0.2) is 0 Å². The number of benzene rings is 2. The molecule has 0 saturated heterocycles. The van der Waals surface area contributed by atoms with Crippen molar-refractivity contribution in [3.8, 4) is 5.75 Å². The molecule has 4 rings (SSSR count). The summed E-state index contributed by atoms with van der Waals surface area (Å²) in [5, 5.41) is 6.33. The molecule has 2 aromatic rings. The monoisotopic (exact) mass is 369 g/mol. The minimum Gasteiger partial charge on any atom is -0.497 e. The summed E-state index contributed by atoms with van der Waals surface area (Å²) < 4.78 is 18.5. The summed E-state index contributed by atoms with van der Waals surface area (Å²) in [5.41, 5.74) is 2.77. The number of hydrazone groups is 1. The maximum absolute atomic E-state index is 13.2. The average Bonchev–Trinajstić information content (AvgIpc) is 3.29. The van der Waals surface area contributed by atoms with E-state index < -0.39 is 0 Å². The number of carbonyl (C=O) groups excluding carboxylic acids is 1. The third-order valence-electron chi connectivity index (χ3n) is 4.40. The first-order valence-corrected chi connectivity index (χ1v) is 9.13. The predicted octanol–water partition coefficient (Wildman–Crippen LogP) is 4.25. The van der Waals surface area contributed by atoms with Crippen molar-refractivity contribution in [2.75, 3.05) is 12.9 Å². The summed E-state index contributed by atoms with van der Waals surface area (Å²) in [7, 11) is 1.63. The van der Waals surface area contributed by atoms with Gasteiger partial charge in [-0.2, -0.15) is 10.1 Å². The van der Waals surface area contributed by atoms with E-state index in [1.54, 1.807) is 19.2 Å². The number of rotatable bonds is 3. The highest BCUT2D eigenvalue weighted by molar-refractivity contribution is 8.14. The van der Waals surface area contributed by atoms with E-state index in [4.69, 9.17) is 9.84 Å². The van der Waals surface area contributed by atoms with Crippen LogP contribution in [-0.4, -0.2) is 34.7 Å². The molecule has 0 bridgehead atoms. The van der Waals surface area contributed by atoms with Crippen molar-refractivity contribution < 1.29 is 13.9 Å². The van der Waals surface area contributed by atoms with E-state index in [0.29, 0.717) is 18.0 Å². The van der Waals surface area contributed by atoms with Gasteiger partial charge in [-0.1, -0.05) is 36.0 Å². The van der Waals surface area contributed by atoms with Gasteiger partial charge in [0.25, 0.3) is 0 Å². The van der Waals surface area contributed by atoms with Crippen molar-refractivity contribution in [1.82, 2.24) is 5.01 Å². The SMILES string of the molecule is COc1ccc(C2CC(c3ccc(F)cc3)=NN2C2=NC(=O)SC2)cc1. The zero-order chi connectivity index (χ0) is 18.1. The first kappa shape index (κ1) is 16.8. The van der Waals surface area contributed by atoms with Gasteiger partial charge in [0, 0.05) is 6.42 Å². The molecule has 1 atom stereocenters. The normalized spacial score (nSPS) is 19.5. The Bertz CT molecular complexity index is 894. The highest BCUT2D eigenvalue weighted by Crippen LogP contribution is 2.35. The van der Waals surface area contributed by atoms with Crippen molar-refractivity contribution in [2.24, 2.45) is 10.1 Å². The van der Waals surface area contributed by atoms with Crippen LogP contribution in [0.15, 0.2) is 58.6 Å². The minimum atomic E-state index is -0.280. The number of ether oxygens (including phenoxy) is 1. The summed E-state index contributed by atoms with van der Waals surface area (Å²) in [6, 6.07) is 14.0. The van der Waals surface area contributed by atoms with Crippen molar-refractivity contribution in [3.63, 3.8) is 0 Å². The molecule has 2 aromatic carbocycles. The van der Waals surface area contributed by atoms with Crippen LogP contribution in [0, 0.1) is 5.82 Å². The van der Waals surface area contributed by atoms with Gasteiger partial charge in [-0.15, -0.1) is 0 Å². The standard InChI is InChI=1S/C19H16FN3O2S/c1-25-15-8-4-13(5-9-15)17-10-16(12-2-6-14(20)7-3-12)22-23(17)18-11-26-19(24)21-18/h2-9,17H,10-11H2,1H3. The summed E-state index contributed by atoms with van der Waals surface area (Å²) >= 11 is 1.17. The van der Waals surface area contributed by atoms with Crippen molar-refractivity contribution >= 4 is 28.5 Å². The Morgan fingerprint density at radius 3 is 2.50 bits per heavy atom. The van der Waals surface area contributed by atoms with Gasteiger partial charge in [0.05, 0.1) is 24.6 Å². The third kappa shape index (κ3) is 3.22. The van der Waals surface area contributed by atoms with Crippen LogP contribution in [0.25, 0.3) is 0 Å². The van der Waals surface area contributed by atoms with E-state index >= 15 is 0 Å². The topological polar surface area (TPSA) is 54.3 Å². The number of nitrogens with zero attached hydrogens (tertiary/aromatic N) is 3. The first-order chi connectivity index (χ1) is 12.6. The quantitative estimate of drug-likeness (QED) is 0.812. The van der Waals surface area contributed by atoms with Crippen LogP contribution in [0.4, 0.5) is 9.18 Å². The molecule has 0 fully saturated rings. The lowest BCUT2D eigenvalue weighted by atomic mass is 9.98. The number of amides is 1. The molecule has 2 aliphatic rings. The second-order valence-corrected chi connectivity index (χ2v) is 6.90. The highest BCUT2D eigenvalue weighted by Gasteiger charge is 2.34. The number of aliphatic imine (C=N–C) groups is 1. The lowest BCUT2D eigenvalue weighted by molar-refractivity contribution is 0.267. The van der Waals surface area contributed by atoms with Gasteiger partial charge >= 0.3 is 5.24 Å². The lowest BCUT2D eigenvalue weighted by Gasteiger charge is -2.23. The second kappa shape index (κ2) is 6.92. The van der Waals surface area contributed by atoms with E-state index in [9.17, 15) is 9.18 Å². The van der Waals surface area contributed by atoms with Gasteiger partial charge in [0.2, 0.25) is 0 Å². The molecule has 5 nitrogen and oxygen atoms in total. The maximum Gasteiger partial charge on any atom is 0.307 e. The zero-order valence-corrected chi connectivity index (χ0v) is 14.9. The van der Waals surface area contributed by atoms with Crippen LogP contribution in [0.1, 0.15) is 23.6 Å². The Balaban J connectivity index is 1.69. The fourth-order valence-corrected chi connectivity index (χ4v) is 3.68. The Morgan fingerprint density at radius 2 is 1.88 bits per heavy atom. The predicted molar refractivity (Wildman–Crippen MR) is 100 cm³/mol. The van der Waals surface area contributed by atoms with Crippen LogP contribution in [0.5, 0.6) is 5.75 Å². The van der Waals surface area contributed by atoms with Crippen LogP contribution >= 0.6 is 11.8 Å². The largest absolute Gasteiger partial charge is 0.497 e. The second-order valence-electron chi connectivity index (χ2n) is 5.97. The number of methoxy groups -OCH3 is 1. The number of thioether (sulfide) groups is 1. The fraction of sp³-hybridized carbons (Fsp3) is 0.211. The molecular weight excluding hydrogens is 353 g/mol. The molecule has 0 aromatic heterocycles. The lowest BCUT2D eigenvalue weighted by Crippen LogP contribution is -2.27. The van der Waals surface area contributed by atoms with E-state index in [2.05, 4.69) is 4.99 Å². The molecule has 0 saturated carbocycles. The van der Waals surface area contributed by atoms with Crippen molar-refractivity contribution in [1.29, 1.82) is 0 Å². The molecule has 0 N–H and O–H groups in total. The highest BCUT2D eigenvalue weighted by atomic mass is 32.2. The van der Waals surface area contributed by atoms with Gasteiger partial charge < -0.3 is 4.74 Å². The smallest absolute Gasteiger partial charge is 0.307 e. The van der Waals surface area contributed by atoms with Crippen molar-refractivity contribution in [2.45, 2.75) is 12.5 Å². The van der Waals surface area contributed by atoms with Gasteiger partial charge in [-0.25, -0.2) is 9.40 Å². The van der Waals surface area contributed by atoms with Crippen LogP contribution in [-0.2, 0) is 0 Å². The van der Waals surface area contributed by atoms with Crippen LogP contribution in [0.2, 0.25) is 0 Å². The summed E-state index contributed by atoms with van der Waals surface area (Å²) in [6.07, 6.45) is 0.649. The van der Waals surface area contributed by atoms with E-state index in [1.165, 1.54) is 23.9 Å². The zero-order valence-electron chi connectivity index (χ0n) is 14.1. The van der Waals surface area contributed by atoms with E-state index in [1.807, 2.05) is 29.3 Å². The van der Waals surface area contributed by atoms with E-state index in [-0.39, 0.29) is 17.1 Å². The molecule has 2 aliphatic heterocycles. The van der Waals surface area contributed by atoms with Crippen LogP contribution in [0.3, 0.4) is 0 Å². The number of halogens is 1. The van der Waals surface area contributed by atoms with E-state index in [0.717, 1.165) is 22.6 Å². The first-order valence-electron chi connectivity index (χ1n) is 8.15. The fourth-order valence-electron chi connectivity index (χ4n) is 3.06. The maximum atomic E-state index is 13.2. The van der Waals surface area contributed by atoms with Gasteiger partial charge in [0.1, 0.15) is 17.4 Å². The van der Waals surface area contributed by atoms with Gasteiger partial charge in [-0.3, -0.25) is 4.79 Å². The number of amidine groups is 1. The minimum absolute atomic E-state index is 0.0637. The van der Waals surface area contributed by atoms with Crippen LogP contribution < -0.4 is 4.74 Å². The average molecular weight is 369 g/mol. The number of hydrogen-bond donors (Lipinski definition) is 0. The Labute approximate surface area is 154 Å². The molecule has 0 spiro atoms. The molecule has 26 heavy (non-hydrogen) atoms. The molecule has 0 radical (unpaired) electrons. The molecule has 132 valence electrons. The van der Waals surface area contributed by atoms with Crippen molar-refractivity contribution in [3.05, 3.63) is 65.5 Å². The molecule has 2 heterocycles.